The Labute approximate surface area is 108 Å². The minimum absolute atomic E-state index is 0.0249. The lowest BCUT2D eigenvalue weighted by molar-refractivity contribution is -0.0932. The van der Waals surface area contributed by atoms with Gasteiger partial charge in [-0.05, 0) is 25.5 Å². The van der Waals surface area contributed by atoms with Gasteiger partial charge in [-0.3, -0.25) is 0 Å². The molecular weight excluding hydrogens is 240 g/mol. The normalized spacial score (nSPS) is 12.4. The summed E-state index contributed by atoms with van der Waals surface area (Å²) < 4.78 is 16.2. The van der Waals surface area contributed by atoms with Gasteiger partial charge in [0.25, 0.3) is 0 Å². The van der Waals surface area contributed by atoms with Crippen LogP contribution >= 0.6 is 11.6 Å². The lowest BCUT2D eigenvalue weighted by atomic mass is 10.3. The van der Waals surface area contributed by atoms with Crippen molar-refractivity contribution >= 4 is 11.6 Å². The molecule has 1 aromatic carbocycles. The van der Waals surface area contributed by atoms with E-state index in [-0.39, 0.29) is 6.10 Å². The molecule has 0 heterocycles. The van der Waals surface area contributed by atoms with Gasteiger partial charge in [0, 0.05) is 6.61 Å². The SMILES string of the molecule is CCCOCOC(C)COc1ccccc1Cl. The first-order chi connectivity index (χ1) is 8.24. The first-order valence-corrected chi connectivity index (χ1v) is 6.18. The zero-order valence-electron chi connectivity index (χ0n) is 10.3. The van der Waals surface area contributed by atoms with E-state index in [1.807, 2.05) is 25.1 Å². The van der Waals surface area contributed by atoms with Crippen molar-refractivity contribution in [3.63, 3.8) is 0 Å². The van der Waals surface area contributed by atoms with Gasteiger partial charge < -0.3 is 14.2 Å². The van der Waals surface area contributed by atoms with Crippen molar-refractivity contribution in [1.29, 1.82) is 0 Å². The fourth-order valence-corrected chi connectivity index (χ4v) is 1.37. The molecule has 0 spiro atoms. The summed E-state index contributed by atoms with van der Waals surface area (Å²) in [7, 11) is 0. The van der Waals surface area contributed by atoms with Crippen LogP contribution in [0, 0.1) is 0 Å². The average molecular weight is 259 g/mol. The molecule has 0 radical (unpaired) electrons. The Balaban J connectivity index is 2.19. The minimum atomic E-state index is -0.0249. The van der Waals surface area contributed by atoms with Crippen molar-refractivity contribution in [3.8, 4) is 5.75 Å². The second-order valence-electron chi connectivity index (χ2n) is 3.74. The molecular formula is C13H19ClO3. The lowest BCUT2D eigenvalue weighted by Crippen LogP contribution is -2.19. The molecule has 0 aliphatic heterocycles. The van der Waals surface area contributed by atoms with E-state index in [1.54, 1.807) is 6.07 Å². The van der Waals surface area contributed by atoms with Crippen molar-refractivity contribution in [1.82, 2.24) is 0 Å². The molecule has 0 amide bonds. The summed E-state index contributed by atoms with van der Waals surface area (Å²) in [5.41, 5.74) is 0. The number of benzene rings is 1. The third-order valence-corrected chi connectivity index (χ3v) is 2.41. The number of ether oxygens (including phenoxy) is 3. The van der Waals surface area contributed by atoms with Gasteiger partial charge in [-0.25, -0.2) is 0 Å². The minimum Gasteiger partial charge on any atom is -0.489 e. The number of hydrogen-bond acceptors (Lipinski definition) is 3. The van der Waals surface area contributed by atoms with Crippen LogP contribution in [0.3, 0.4) is 0 Å². The van der Waals surface area contributed by atoms with Crippen LogP contribution in [0.15, 0.2) is 24.3 Å². The molecule has 3 nitrogen and oxygen atoms in total. The summed E-state index contributed by atoms with van der Waals surface area (Å²) in [4.78, 5) is 0. The predicted molar refractivity (Wildman–Crippen MR) is 68.6 cm³/mol. The van der Waals surface area contributed by atoms with Crippen LogP contribution < -0.4 is 4.74 Å². The van der Waals surface area contributed by atoms with Crippen LogP contribution in [0.4, 0.5) is 0 Å². The largest absolute Gasteiger partial charge is 0.489 e. The third kappa shape index (κ3) is 5.91. The average Bonchev–Trinajstić information content (AvgIpc) is 2.34. The zero-order chi connectivity index (χ0) is 12.5. The lowest BCUT2D eigenvalue weighted by Gasteiger charge is -2.14. The van der Waals surface area contributed by atoms with Gasteiger partial charge in [-0.15, -0.1) is 0 Å². The Bertz CT molecular complexity index is 317. The van der Waals surface area contributed by atoms with E-state index in [2.05, 4.69) is 6.92 Å². The van der Waals surface area contributed by atoms with Crippen molar-refractivity contribution < 1.29 is 14.2 Å². The Kier molecular flexibility index (Phi) is 7.01. The summed E-state index contributed by atoms with van der Waals surface area (Å²) in [6.45, 7) is 5.48. The second kappa shape index (κ2) is 8.34. The molecule has 0 fully saturated rings. The van der Waals surface area contributed by atoms with Gasteiger partial charge in [0.05, 0.1) is 11.1 Å². The maximum absolute atomic E-state index is 5.96. The molecule has 0 bridgehead atoms. The molecule has 0 aliphatic carbocycles. The summed E-state index contributed by atoms with van der Waals surface area (Å²) in [5, 5.41) is 0.613. The molecule has 0 saturated carbocycles. The van der Waals surface area contributed by atoms with E-state index in [1.165, 1.54) is 0 Å². The molecule has 17 heavy (non-hydrogen) atoms. The quantitative estimate of drug-likeness (QED) is 0.528. The fraction of sp³-hybridized carbons (Fsp3) is 0.538. The highest BCUT2D eigenvalue weighted by Crippen LogP contribution is 2.23. The highest BCUT2D eigenvalue weighted by atomic mass is 35.5. The van der Waals surface area contributed by atoms with Crippen molar-refractivity contribution in [2.45, 2.75) is 26.4 Å². The van der Waals surface area contributed by atoms with E-state index < -0.39 is 0 Å². The Morgan fingerprint density at radius 3 is 2.76 bits per heavy atom. The topological polar surface area (TPSA) is 27.7 Å². The second-order valence-corrected chi connectivity index (χ2v) is 4.15. The molecule has 1 atom stereocenters. The maximum atomic E-state index is 5.96. The molecule has 0 saturated heterocycles. The Morgan fingerprint density at radius 2 is 2.06 bits per heavy atom. The number of rotatable bonds is 8. The van der Waals surface area contributed by atoms with E-state index in [0.717, 1.165) is 13.0 Å². The summed E-state index contributed by atoms with van der Waals surface area (Å²) in [6, 6.07) is 7.39. The smallest absolute Gasteiger partial charge is 0.147 e. The van der Waals surface area contributed by atoms with Gasteiger partial charge in [0.2, 0.25) is 0 Å². The van der Waals surface area contributed by atoms with Crippen LogP contribution in [0.25, 0.3) is 0 Å². The van der Waals surface area contributed by atoms with Gasteiger partial charge in [0.1, 0.15) is 19.1 Å². The van der Waals surface area contributed by atoms with Crippen LogP contribution in [-0.2, 0) is 9.47 Å². The third-order valence-electron chi connectivity index (χ3n) is 2.09. The molecule has 0 aromatic heterocycles. The fourth-order valence-electron chi connectivity index (χ4n) is 1.18. The monoisotopic (exact) mass is 258 g/mol. The van der Waals surface area contributed by atoms with Gasteiger partial charge in [-0.1, -0.05) is 30.7 Å². The highest BCUT2D eigenvalue weighted by Gasteiger charge is 2.05. The first kappa shape index (κ1) is 14.3. The van der Waals surface area contributed by atoms with Gasteiger partial charge in [-0.2, -0.15) is 0 Å². The molecule has 96 valence electrons. The number of hydrogen-bond donors (Lipinski definition) is 0. The highest BCUT2D eigenvalue weighted by molar-refractivity contribution is 6.32. The Hall–Kier alpha value is -0.770. The molecule has 0 N–H and O–H groups in total. The summed E-state index contributed by atoms with van der Waals surface area (Å²) in [6.07, 6.45) is 0.969. The molecule has 1 aromatic rings. The standard InChI is InChI=1S/C13H19ClO3/c1-3-8-15-10-17-11(2)9-16-13-7-5-4-6-12(13)14/h4-7,11H,3,8-10H2,1-2H3. The molecule has 4 heteroatoms. The van der Waals surface area contributed by atoms with Crippen molar-refractivity contribution in [2.75, 3.05) is 20.0 Å². The zero-order valence-corrected chi connectivity index (χ0v) is 11.1. The maximum Gasteiger partial charge on any atom is 0.147 e. The van der Waals surface area contributed by atoms with Gasteiger partial charge >= 0.3 is 0 Å². The van der Waals surface area contributed by atoms with E-state index in [4.69, 9.17) is 25.8 Å². The van der Waals surface area contributed by atoms with Crippen molar-refractivity contribution in [2.24, 2.45) is 0 Å². The van der Waals surface area contributed by atoms with E-state index in [0.29, 0.717) is 24.2 Å². The Morgan fingerprint density at radius 1 is 1.29 bits per heavy atom. The van der Waals surface area contributed by atoms with Crippen LogP contribution in [-0.4, -0.2) is 26.1 Å². The molecule has 1 unspecified atom stereocenters. The number of para-hydroxylation sites is 1. The van der Waals surface area contributed by atoms with Crippen molar-refractivity contribution in [3.05, 3.63) is 29.3 Å². The molecule has 1 rings (SSSR count). The first-order valence-electron chi connectivity index (χ1n) is 5.80. The van der Waals surface area contributed by atoms with Gasteiger partial charge in [0.15, 0.2) is 0 Å². The van der Waals surface area contributed by atoms with Crippen LogP contribution in [0.5, 0.6) is 5.75 Å². The van der Waals surface area contributed by atoms with Crippen LogP contribution in [0.1, 0.15) is 20.3 Å². The van der Waals surface area contributed by atoms with Crippen LogP contribution in [0.2, 0.25) is 5.02 Å². The number of halogens is 1. The molecule has 0 aliphatic rings. The summed E-state index contributed by atoms with van der Waals surface area (Å²) >= 11 is 5.96. The van der Waals surface area contributed by atoms with E-state index in [9.17, 15) is 0 Å². The summed E-state index contributed by atoms with van der Waals surface area (Å²) in [5.74, 6) is 0.680. The van der Waals surface area contributed by atoms with E-state index >= 15 is 0 Å². The predicted octanol–water partition coefficient (Wildman–Crippen LogP) is 3.51.